The standard InChI is InChI=1S/C20H19N3/c21-16-11-12-19-20(15-16)23(18-9-5-2-6-10-18)14-13-22(19)17-7-3-1-4-8-17/h1-12,15H,13-14,21H2. The Labute approximate surface area is 136 Å². The summed E-state index contributed by atoms with van der Waals surface area (Å²) in [5.41, 5.74) is 11.6. The van der Waals surface area contributed by atoms with Crippen molar-refractivity contribution in [1.29, 1.82) is 0 Å². The fourth-order valence-corrected chi connectivity index (χ4v) is 3.18. The second-order valence-corrected chi connectivity index (χ2v) is 5.72. The molecule has 3 heteroatoms. The molecule has 0 amide bonds. The highest BCUT2D eigenvalue weighted by Gasteiger charge is 2.24. The maximum atomic E-state index is 6.06. The first-order valence-corrected chi connectivity index (χ1v) is 7.87. The highest BCUT2D eigenvalue weighted by molar-refractivity contribution is 5.85. The van der Waals surface area contributed by atoms with Gasteiger partial charge >= 0.3 is 0 Å². The third-order valence-electron chi connectivity index (χ3n) is 4.26. The minimum absolute atomic E-state index is 0.791. The van der Waals surface area contributed by atoms with Gasteiger partial charge in [-0.15, -0.1) is 0 Å². The number of benzene rings is 3. The van der Waals surface area contributed by atoms with E-state index in [1.165, 1.54) is 17.1 Å². The summed E-state index contributed by atoms with van der Waals surface area (Å²) in [5.74, 6) is 0. The molecule has 0 unspecified atom stereocenters. The van der Waals surface area contributed by atoms with Crippen LogP contribution in [0.15, 0.2) is 78.9 Å². The maximum Gasteiger partial charge on any atom is 0.0673 e. The van der Waals surface area contributed by atoms with Crippen LogP contribution in [0, 0.1) is 0 Å². The van der Waals surface area contributed by atoms with Crippen LogP contribution in [0.3, 0.4) is 0 Å². The average molecular weight is 301 g/mol. The molecular weight excluding hydrogens is 282 g/mol. The molecule has 0 saturated heterocycles. The zero-order valence-electron chi connectivity index (χ0n) is 12.9. The van der Waals surface area contributed by atoms with Crippen LogP contribution in [-0.4, -0.2) is 13.1 Å². The minimum Gasteiger partial charge on any atom is -0.399 e. The van der Waals surface area contributed by atoms with Crippen molar-refractivity contribution in [2.45, 2.75) is 0 Å². The zero-order chi connectivity index (χ0) is 15.6. The maximum absolute atomic E-state index is 6.06. The van der Waals surface area contributed by atoms with Gasteiger partial charge in [-0.05, 0) is 42.5 Å². The molecule has 1 heterocycles. The van der Waals surface area contributed by atoms with Gasteiger partial charge in [0.15, 0.2) is 0 Å². The summed E-state index contributed by atoms with van der Waals surface area (Å²) in [6, 6.07) is 27.2. The van der Waals surface area contributed by atoms with Crippen LogP contribution >= 0.6 is 0 Å². The van der Waals surface area contributed by atoms with E-state index in [2.05, 4.69) is 70.5 Å². The normalized spacial score (nSPS) is 13.7. The van der Waals surface area contributed by atoms with Crippen molar-refractivity contribution in [2.24, 2.45) is 0 Å². The Kier molecular flexibility index (Phi) is 3.39. The SMILES string of the molecule is Nc1ccc2c(c1)N(c1ccccc1)CCN2c1ccccc1. The molecule has 2 N–H and O–H groups in total. The lowest BCUT2D eigenvalue weighted by atomic mass is 10.1. The first-order chi connectivity index (χ1) is 11.3. The number of hydrogen-bond acceptors (Lipinski definition) is 3. The molecule has 0 atom stereocenters. The Balaban J connectivity index is 1.82. The van der Waals surface area contributed by atoms with Crippen LogP contribution in [0.2, 0.25) is 0 Å². The molecule has 0 aromatic heterocycles. The Morgan fingerprint density at radius 2 is 1.13 bits per heavy atom. The molecule has 3 aromatic rings. The van der Waals surface area contributed by atoms with Gasteiger partial charge in [0.2, 0.25) is 0 Å². The van der Waals surface area contributed by atoms with Gasteiger partial charge in [0.25, 0.3) is 0 Å². The van der Waals surface area contributed by atoms with E-state index in [4.69, 9.17) is 5.73 Å². The number of hydrogen-bond donors (Lipinski definition) is 1. The molecule has 1 aliphatic heterocycles. The summed E-state index contributed by atoms with van der Waals surface area (Å²) in [6.07, 6.45) is 0. The van der Waals surface area contributed by atoms with Gasteiger partial charge in [-0.25, -0.2) is 0 Å². The highest BCUT2D eigenvalue weighted by atomic mass is 15.3. The number of nitrogens with zero attached hydrogens (tertiary/aromatic N) is 2. The van der Waals surface area contributed by atoms with E-state index in [1.807, 2.05) is 18.2 Å². The van der Waals surface area contributed by atoms with Gasteiger partial charge < -0.3 is 15.5 Å². The molecular formula is C20H19N3. The van der Waals surface area contributed by atoms with Crippen LogP contribution < -0.4 is 15.5 Å². The molecule has 0 bridgehead atoms. The van der Waals surface area contributed by atoms with Crippen molar-refractivity contribution >= 4 is 28.4 Å². The summed E-state index contributed by atoms with van der Waals surface area (Å²) in [7, 11) is 0. The van der Waals surface area contributed by atoms with Crippen molar-refractivity contribution in [1.82, 2.24) is 0 Å². The molecule has 23 heavy (non-hydrogen) atoms. The Hall–Kier alpha value is -2.94. The predicted octanol–water partition coefficient (Wildman–Crippen LogP) is 4.56. The summed E-state index contributed by atoms with van der Waals surface area (Å²) >= 11 is 0. The van der Waals surface area contributed by atoms with E-state index in [1.54, 1.807) is 0 Å². The fourth-order valence-electron chi connectivity index (χ4n) is 3.18. The monoisotopic (exact) mass is 301 g/mol. The van der Waals surface area contributed by atoms with Gasteiger partial charge in [-0.1, -0.05) is 36.4 Å². The summed E-state index contributed by atoms with van der Waals surface area (Å²) in [6.45, 7) is 1.87. The van der Waals surface area contributed by atoms with Crippen molar-refractivity contribution in [2.75, 3.05) is 28.6 Å². The summed E-state index contributed by atoms with van der Waals surface area (Å²) in [4.78, 5) is 4.69. The number of nitrogens with two attached hydrogens (primary N) is 1. The molecule has 1 aliphatic rings. The van der Waals surface area contributed by atoms with E-state index in [0.717, 1.165) is 24.5 Å². The van der Waals surface area contributed by atoms with Crippen molar-refractivity contribution in [3.8, 4) is 0 Å². The third-order valence-corrected chi connectivity index (χ3v) is 4.26. The number of para-hydroxylation sites is 2. The van der Waals surface area contributed by atoms with Gasteiger partial charge in [0, 0.05) is 30.2 Å². The Morgan fingerprint density at radius 3 is 1.70 bits per heavy atom. The summed E-state index contributed by atoms with van der Waals surface area (Å²) < 4.78 is 0. The number of rotatable bonds is 2. The van der Waals surface area contributed by atoms with Crippen LogP contribution in [0.4, 0.5) is 28.4 Å². The number of nitrogen functional groups attached to an aromatic ring is 1. The Morgan fingerprint density at radius 1 is 0.609 bits per heavy atom. The summed E-state index contributed by atoms with van der Waals surface area (Å²) in [5, 5.41) is 0. The molecule has 0 saturated carbocycles. The minimum atomic E-state index is 0.791. The smallest absolute Gasteiger partial charge is 0.0673 e. The van der Waals surface area contributed by atoms with E-state index in [0.29, 0.717) is 0 Å². The molecule has 0 fully saturated rings. The predicted molar refractivity (Wildman–Crippen MR) is 97.8 cm³/mol. The molecule has 3 nitrogen and oxygen atoms in total. The quantitative estimate of drug-likeness (QED) is 0.704. The van der Waals surface area contributed by atoms with Gasteiger partial charge in [-0.2, -0.15) is 0 Å². The second-order valence-electron chi connectivity index (χ2n) is 5.72. The van der Waals surface area contributed by atoms with Crippen LogP contribution in [0.1, 0.15) is 0 Å². The van der Waals surface area contributed by atoms with E-state index in [-0.39, 0.29) is 0 Å². The third kappa shape index (κ3) is 2.50. The topological polar surface area (TPSA) is 32.5 Å². The average Bonchev–Trinajstić information content (AvgIpc) is 2.62. The first kappa shape index (κ1) is 13.7. The van der Waals surface area contributed by atoms with Gasteiger partial charge in [-0.3, -0.25) is 0 Å². The fraction of sp³-hybridized carbons (Fsp3) is 0.100. The molecule has 3 aromatic carbocycles. The molecule has 114 valence electrons. The first-order valence-electron chi connectivity index (χ1n) is 7.87. The highest BCUT2D eigenvalue weighted by Crippen LogP contribution is 2.41. The van der Waals surface area contributed by atoms with Crippen LogP contribution in [0.25, 0.3) is 0 Å². The molecule has 0 aliphatic carbocycles. The van der Waals surface area contributed by atoms with Crippen molar-refractivity contribution in [3.05, 3.63) is 78.9 Å². The van der Waals surface area contributed by atoms with E-state index >= 15 is 0 Å². The lowest BCUT2D eigenvalue weighted by molar-refractivity contribution is 0.850. The lowest BCUT2D eigenvalue weighted by Crippen LogP contribution is -2.36. The lowest BCUT2D eigenvalue weighted by Gasteiger charge is -2.39. The second kappa shape index (κ2) is 5.69. The molecule has 0 spiro atoms. The molecule has 4 rings (SSSR count). The van der Waals surface area contributed by atoms with Gasteiger partial charge in [0.05, 0.1) is 11.4 Å². The van der Waals surface area contributed by atoms with E-state index in [9.17, 15) is 0 Å². The molecule has 0 radical (unpaired) electrons. The zero-order valence-corrected chi connectivity index (χ0v) is 12.9. The van der Waals surface area contributed by atoms with Crippen LogP contribution in [0.5, 0.6) is 0 Å². The van der Waals surface area contributed by atoms with Crippen molar-refractivity contribution < 1.29 is 0 Å². The largest absolute Gasteiger partial charge is 0.399 e. The van der Waals surface area contributed by atoms with Crippen LogP contribution in [-0.2, 0) is 0 Å². The van der Waals surface area contributed by atoms with Gasteiger partial charge in [0.1, 0.15) is 0 Å². The number of fused-ring (bicyclic) bond motifs is 1. The van der Waals surface area contributed by atoms with E-state index < -0.39 is 0 Å². The number of anilines is 5. The Bertz CT molecular complexity index is 800. The van der Waals surface area contributed by atoms with Crippen molar-refractivity contribution in [3.63, 3.8) is 0 Å².